The zero-order chi connectivity index (χ0) is 12.8. The van der Waals surface area contributed by atoms with Gasteiger partial charge < -0.3 is 10.1 Å². The molecular weight excluding hydrogens is 270 g/mol. The summed E-state index contributed by atoms with van der Waals surface area (Å²) in [4.78, 5) is 10.9. The highest BCUT2D eigenvalue weighted by molar-refractivity contribution is 7.18. The van der Waals surface area contributed by atoms with Crippen LogP contribution < -0.4 is 5.32 Å². The summed E-state index contributed by atoms with van der Waals surface area (Å²) in [7, 11) is 0. The Balaban J connectivity index is 2.01. The van der Waals surface area contributed by atoms with Crippen LogP contribution in [-0.2, 0) is 11.2 Å². The minimum atomic E-state index is 0.530. The highest BCUT2D eigenvalue weighted by Gasteiger charge is 2.07. The predicted octanol–water partition coefficient (Wildman–Crippen LogP) is 2.92. The molecule has 0 unspecified atom stereocenters. The monoisotopic (exact) mass is 285 g/mol. The molecule has 0 aromatic carbocycles. The summed E-state index contributed by atoms with van der Waals surface area (Å²) >= 11 is 7.25. The number of aromatic nitrogens is 2. The van der Waals surface area contributed by atoms with Crippen molar-refractivity contribution in [1.82, 2.24) is 9.97 Å². The molecule has 6 heteroatoms. The second-order valence-electron chi connectivity index (χ2n) is 3.74. The van der Waals surface area contributed by atoms with Crippen LogP contribution in [0.15, 0.2) is 12.4 Å². The van der Waals surface area contributed by atoms with Crippen LogP contribution in [0.2, 0.25) is 0 Å². The molecule has 2 heterocycles. The molecule has 0 saturated heterocycles. The number of thiophene rings is 1. The molecule has 0 aliphatic heterocycles. The maximum absolute atomic E-state index is 5.53. The van der Waals surface area contributed by atoms with E-state index in [4.69, 9.17) is 16.3 Å². The Bertz CT molecular complexity index is 503. The zero-order valence-corrected chi connectivity index (χ0v) is 11.9. The normalized spacial score (nSPS) is 11.0. The molecular formula is C12H16ClN3OS. The van der Waals surface area contributed by atoms with E-state index in [-0.39, 0.29) is 0 Å². The van der Waals surface area contributed by atoms with Crippen LogP contribution in [-0.4, -0.2) is 35.6 Å². The Morgan fingerprint density at radius 3 is 3.06 bits per heavy atom. The van der Waals surface area contributed by atoms with Gasteiger partial charge in [-0.1, -0.05) is 6.92 Å². The smallest absolute Gasteiger partial charge is 0.138 e. The first-order valence-corrected chi connectivity index (χ1v) is 7.31. The van der Waals surface area contributed by atoms with Crippen LogP contribution in [0.5, 0.6) is 0 Å². The number of nitrogens with one attached hydrogen (secondary N) is 1. The SMILES string of the molecule is CCc1cc2c(NCCOCCCl)ncnc2s1. The van der Waals surface area contributed by atoms with E-state index in [1.807, 2.05) is 0 Å². The first kappa shape index (κ1) is 13.5. The van der Waals surface area contributed by atoms with Crippen molar-refractivity contribution < 1.29 is 4.74 Å². The van der Waals surface area contributed by atoms with Crippen molar-refractivity contribution in [1.29, 1.82) is 0 Å². The molecule has 1 N–H and O–H groups in total. The molecule has 0 radical (unpaired) electrons. The van der Waals surface area contributed by atoms with Gasteiger partial charge in [-0.3, -0.25) is 0 Å². The van der Waals surface area contributed by atoms with Crippen molar-refractivity contribution in [3.63, 3.8) is 0 Å². The maximum atomic E-state index is 5.53. The van der Waals surface area contributed by atoms with Gasteiger partial charge >= 0.3 is 0 Å². The minimum absolute atomic E-state index is 0.530. The van der Waals surface area contributed by atoms with Crippen molar-refractivity contribution >= 4 is 39.0 Å². The van der Waals surface area contributed by atoms with Gasteiger partial charge in [-0.15, -0.1) is 22.9 Å². The summed E-state index contributed by atoms with van der Waals surface area (Å²) in [5.41, 5.74) is 0. The van der Waals surface area contributed by atoms with Gasteiger partial charge in [-0.2, -0.15) is 0 Å². The standard InChI is InChI=1S/C12H16ClN3OS/c1-2-9-7-10-11(14-4-6-17-5-3-13)15-8-16-12(10)18-9/h7-8H,2-6H2,1H3,(H,14,15,16). The lowest BCUT2D eigenvalue weighted by Gasteiger charge is -2.06. The Hall–Kier alpha value is -0.910. The molecule has 2 aromatic heterocycles. The molecule has 0 aliphatic rings. The summed E-state index contributed by atoms with van der Waals surface area (Å²) in [6.07, 6.45) is 2.62. The van der Waals surface area contributed by atoms with Crippen molar-refractivity contribution in [2.75, 3.05) is 31.0 Å². The van der Waals surface area contributed by atoms with Crippen LogP contribution in [0, 0.1) is 0 Å². The van der Waals surface area contributed by atoms with Gasteiger partial charge in [0.05, 0.1) is 18.6 Å². The van der Waals surface area contributed by atoms with Crippen LogP contribution >= 0.6 is 22.9 Å². The molecule has 2 aromatic rings. The number of hydrogen-bond donors (Lipinski definition) is 1. The van der Waals surface area contributed by atoms with Crippen molar-refractivity contribution in [3.05, 3.63) is 17.3 Å². The fourth-order valence-corrected chi connectivity index (χ4v) is 2.66. The lowest BCUT2D eigenvalue weighted by Crippen LogP contribution is -2.11. The van der Waals surface area contributed by atoms with E-state index in [1.54, 1.807) is 17.7 Å². The number of aryl methyl sites for hydroxylation is 1. The number of anilines is 1. The predicted molar refractivity (Wildman–Crippen MR) is 76.8 cm³/mol. The molecule has 0 amide bonds. The third-order valence-corrected chi connectivity index (χ3v) is 3.83. The molecule has 4 nitrogen and oxygen atoms in total. The number of rotatable bonds is 7. The van der Waals surface area contributed by atoms with E-state index >= 15 is 0 Å². The molecule has 98 valence electrons. The summed E-state index contributed by atoms with van der Waals surface area (Å²) in [6, 6.07) is 2.15. The Labute approximate surface area is 115 Å². The molecule has 0 saturated carbocycles. The van der Waals surface area contributed by atoms with Crippen LogP contribution in [0.3, 0.4) is 0 Å². The van der Waals surface area contributed by atoms with E-state index in [1.165, 1.54) is 4.88 Å². The molecule has 18 heavy (non-hydrogen) atoms. The van der Waals surface area contributed by atoms with E-state index < -0.39 is 0 Å². The summed E-state index contributed by atoms with van der Waals surface area (Å²) in [6.45, 7) is 4.08. The lowest BCUT2D eigenvalue weighted by molar-refractivity contribution is 0.160. The van der Waals surface area contributed by atoms with Gasteiger partial charge in [0.25, 0.3) is 0 Å². The van der Waals surface area contributed by atoms with E-state index in [9.17, 15) is 0 Å². The van der Waals surface area contributed by atoms with Gasteiger partial charge in [-0.05, 0) is 12.5 Å². The fraction of sp³-hybridized carbons (Fsp3) is 0.500. The van der Waals surface area contributed by atoms with Gasteiger partial charge in [-0.25, -0.2) is 9.97 Å². The van der Waals surface area contributed by atoms with E-state index in [2.05, 4.69) is 28.3 Å². The van der Waals surface area contributed by atoms with Crippen molar-refractivity contribution in [3.8, 4) is 0 Å². The third-order valence-electron chi connectivity index (χ3n) is 2.49. The highest BCUT2D eigenvalue weighted by Crippen LogP contribution is 2.28. The van der Waals surface area contributed by atoms with Crippen molar-refractivity contribution in [2.45, 2.75) is 13.3 Å². The molecule has 0 atom stereocenters. The second-order valence-corrected chi connectivity index (χ2v) is 5.23. The largest absolute Gasteiger partial charge is 0.378 e. The Morgan fingerprint density at radius 2 is 2.28 bits per heavy atom. The molecule has 0 aliphatic carbocycles. The van der Waals surface area contributed by atoms with Crippen molar-refractivity contribution in [2.24, 2.45) is 0 Å². The zero-order valence-electron chi connectivity index (χ0n) is 10.3. The molecule has 0 fully saturated rings. The van der Waals surface area contributed by atoms with E-state index in [0.717, 1.165) is 29.0 Å². The fourth-order valence-electron chi connectivity index (χ4n) is 1.62. The molecule has 2 rings (SSSR count). The minimum Gasteiger partial charge on any atom is -0.378 e. The number of nitrogens with zero attached hydrogens (tertiary/aromatic N) is 2. The number of ether oxygens (including phenoxy) is 1. The van der Waals surface area contributed by atoms with Crippen LogP contribution in [0.1, 0.15) is 11.8 Å². The van der Waals surface area contributed by atoms with Gasteiger partial charge in [0.1, 0.15) is 17.0 Å². The van der Waals surface area contributed by atoms with Crippen LogP contribution in [0.4, 0.5) is 5.82 Å². The first-order valence-electron chi connectivity index (χ1n) is 5.96. The topological polar surface area (TPSA) is 47.0 Å². The summed E-state index contributed by atoms with van der Waals surface area (Å²) < 4.78 is 5.31. The second kappa shape index (κ2) is 6.87. The average molecular weight is 286 g/mol. The molecule has 0 spiro atoms. The number of hydrogen-bond acceptors (Lipinski definition) is 5. The Kier molecular flexibility index (Phi) is 5.16. The van der Waals surface area contributed by atoms with E-state index in [0.29, 0.717) is 19.1 Å². The van der Waals surface area contributed by atoms with Gasteiger partial charge in [0.2, 0.25) is 0 Å². The van der Waals surface area contributed by atoms with Crippen LogP contribution in [0.25, 0.3) is 10.2 Å². The summed E-state index contributed by atoms with van der Waals surface area (Å²) in [5.74, 6) is 1.41. The highest BCUT2D eigenvalue weighted by atomic mass is 35.5. The maximum Gasteiger partial charge on any atom is 0.138 e. The summed E-state index contributed by atoms with van der Waals surface area (Å²) in [5, 5.41) is 4.37. The van der Waals surface area contributed by atoms with Gasteiger partial charge in [0, 0.05) is 17.3 Å². The third kappa shape index (κ3) is 3.31. The quantitative estimate of drug-likeness (QED) is 0.628. The Morgan fingerprint density at radius 1 is 1.39 bits per heavy atom. The number of alkyl halides is 1. The lowest BCUT2D eigenvalue weighted by atomic mass is 10.3. The number of fused-ring (bicyclic) bond motifs is 1. The average Bonchev–Trinajstić information content (AvgIpc) is 2.82. The first-order chi connectivity index (χ1) is 8.85. The number of halogens is 1. The molecule has 0 bridgehead atoms. The van der Waals surface area contributed by atoms with Gasteiger partial charge in [0.15, 0.2) is 0 Å².